The third-order valence-electron chi connectivity index (χ3n) is 4.74. The van der Waals surface area contributed by atoms with Gasteiger partial charge >= 0.3 is 27.3 Å². The van der Waals surface area contributed by atoms with Gasteiger partial charge < -0.3 is 4.74 Å². The Hall–Kier alpha value is -1.68. The van der Waals surface area contributed by atoms with Crippen molar-refractivity contribution in [2.45, 2.75) is 76.9 Å². The number of ether oxygens (including phenoxy) is 1. The van der Waals surface area contributed by atoms with Crippen LogP contribution in [0.2, 0.25) is 0 Å². The minimum atomic E-state index is -6.34. The average molecular weight is 456 g/mol. The van der Waals surface area contributed by atoms with Gasteiger partial charge in [0.2, 0.25) is 0 Å². The summed E-state index contributed by atoms with van der Waals surface area (Å²) < 4.78 is 88.1. The van der Waals surface area contributed by atoms with Crippen LogP contribution < -0.4 is 0 Å². The van der Waals surface area contributed by atoms with Crippen LogP contribution >= 0.6 is 0 Å². The number of benzene rings is 1. The minimum absolute atomic E-state index is 0.103. The Bertz CT molecular complexity index is 848. The van der Waals surface area contributed by atoms with Crippen molar-refractivity contribution in [1.82, 2.24) is 0 Å². The van der Waals surface area contributed by atoms with Gasteiger partial charge in [0.25, 0.3) is 0 Å². The van der Waals surface area contributed by atoms with Crippen LogP contribution in [0.4, 0.5) is 17.6 Å². The maximum absolute atomic E-state index is 13.6. The summed E-state index contributed by atoms with van der Waals surface area (Å²) in [6.45, 7) is 10.2. The standard InChI is InChI=1S/C20H28F4O5S/c1-11(2)14-9-15(12(3)4)17(16(10-14)13(5)6)18(25)29-8-7-19(21,22)20(23,24)30(26,27)28/h9-13H,7-8H2,1-6H3,(H,26,27,28). The first-order valence-electron chi connectivity index (χ1n) is 9.51. The van der Waals surface area contributed by atoms with E-state index in [-0.39, 0.29) is 23.3 Å². The molecule has 0 radical (unpaired) electrons. The second kappa shape index (κ2) is 9.21. The number of alkyl halides is 4. The lowest BCUT2D eigenvalue weighted by Crippen LogP contribution is -2.47. The summed E-state index contributed by atoms with van der Waals surface area (Å²) in [6, 6.07) is 3.66. The van der Waals surface area contributed by atoms with Gasteiger partial charge in [0.15, 0.2) is 0 Å². The van der Waals surface area contributed by atoms with E-state index in [1.165, 1.54) is 0 Å². The summed E-state index contributed by atoms with van der Waals surface area (Å²) >= 11 is 0. The molecule has 5 nitrogen and oxygen atoms in total. The van der Waals surface area contributed by atoms with E-state index in [2.05, 4.69) is 0 Å². The molecule has 0 heterocycles. The molecule has 0 unspecified atom stereocenters. The summed E-state index contributed by atoms with van der Waals surface area (Å²) in [4.78, 5) is 12.7. The predicted molar refractivity (Wildman–Crippen MR) is 105 cm³/mol. The highest BCUT2D eigenvalue weighted by molar-refractivity contribution is 7.87. The van der Waals surface area contributed by atoms with Gasteiger partial charge in [-0.25, -0.2) is 4.79 Å². The highest BCUT2D eigenvalue weighted by Crippen LogP contribution is 2.41. The lowest BCUT2D eigenvalue weighted by molar-refractivity contribution is -0.168. The summed E-state index contributed by atoms with van der Waals surface area (Å²) in [5, 5.41) is -5.70. The molecule has 0 aromatic heterocycles. The van der Waals surface area contributed by atoms with E-state index in [1.807, 2.05) is 53.7 Å². The molecule has 1 rings (SSSR count). The van der Waals surface area contributed by atoms with Crippen LogP contribution in [-0.2, 0) is 14.9 Å². The largest absolute Gasteiger partial charge is 0.462 e. The zero-order valence-corrected chi connectivity index (χ0v) is 18.6. The predicted octanol–water partition coefficient (Wildman–Crippen LogP) is 5.72. The molecule has 1 N–H and O–H groups in total. The Morgan fingerprint density at radius 2 is 1.40 bits per heavy atom. The first-order valence-corrected chi connectivity index (χ1v) is 11.0. The van der Waals surface area contributed by atoms with Crippen molar-refractivity contribution in [3.8, 4) is 0 Å². The Balaban J connectivity index is 3.21. The normalized spacial score (nSPS) is 13.4. The van der Waals surface area contributed by atoms with Crippen LogP contribution in [0, 0.1) is 0 Å². The first kappa shape index (κ1) is 26.4. The number of carbonyl (C=O) groups excluding carboxylic acids is 1. The molecule has 10 heteroatoms. The quantitative estimate of drug-likeness (QED) is 0.292. The van der Waals surface area contributed by atoms with Crippen molar-refractivity contribution in [2.24, 2.45) is 0 Å². The van der Waals surface area contributed by atoms with Crippen LogP contribution in [0.25, 0.3) is 0 Å². The van der Waals surface area contributed by atoms with Crippen LogP contribution in [0.5, 0.6) is 0 Å². The fourth-order valence-corrected chi connectivity index (χ4v) is 3.35. The second-order valence-corrected chi connectivity index (χ2v) is 9.58. The summed E-state index contributed by atoms with van der Waals surface area (Å²) in [6.07, 6.45) is -1.77. The zero-order chi connectivity index (χ0) is 23.7. The van der Waals surface area contributed by atoms with Crippen molar-refractivity contribution in [3.05, 3.63) is 34.4 Å². The molecule has 30 heavy (non-hydrogen) atoms. The van der Waals surface area contributed by atoms with Crippen molar-refractivity contribution in [3.63, 3.8) is 0 Å². The minimum Gasteiger partial charge on any atom is -0.462 e. The van der Waals surface area contributed by atoms with Gasteiger partial charge in [0.05, 0.1) is 18.6 Å². The summed E-state index contributed by atoms with van der Waals surface area (Å²) in [5.41, 5.74) is 2.46. The van der Waals surface area contributed by atoms with E-state index < -0.39 is 40.3 Å². The van der Waals surface area contributed by atoms with Gasteiger partial charge in [0, 0.05) is 0 Å². The van der Waals surface area contributed by atoms with Gasteiger partial charge in [-0.15, -0.1) is 0 Å². The number of hydrogen-bond acceptors (Lipinski definition) is 4. The fraction of sp³-hybridized carbons (Fsp3) is 0.650. The maximum atomic E-state index is 13.6. The van der Waals surface area contributed by atoms with Crippen molar-refractivity contribution in [1.29, 1.82) is 0 Å². The maximum Gasteiger partial charge on any atom is 0.431 e. The molecule has 172 valence electrons. The third-order valence-corrected chi connectivity index (χ3v) is 5.68. The lowest BCUT2D eigenvalue weighted by atomic mass is 9.84. The average Bonchev–Trinajstić information content (AvgIpc) is 2.58. The first-order chi connectivity index (χ1) is 13.4. The molecular formula is C20H28F4O5S. The Labute approximate surface area is 174 Å². The molecule has 0 amide bonds. The molecule has 0 saturated heterocycles. The monoisotopic (exact) mass is 456 g/mol. The van der Waals surface area contributed by atoms with Crippen LogP contribution in [0.1, 0.15) is 92.8 Å². The molecule has 0 spiro atoms. The molecule has 0 aliphatic heterocycles. The van der Waals surface area contributed by atoms with Crippen LogP contribution in [0.15, 0.2) is 12.1 Å². The van der Waals surface area contributed by atoms with E-state index in [0.29, 0.717) is 11.1 Å². The SMILES string of the molecule is CC(C)c1cc(C(C)C)c(C(=O)OCCC(F)(F)C(F)(F)S(=O)(=O)O)c(C(C)C)c1. The zero-order valence-electron chi connectivity index (χ0n) is 17.8. The lowest BCUT2D eigenvalue weighted by Gasteiger charge is -2.24. The van der Waals surface area contributed by atoms with Gasteiger partial charge in [-0.1, -0.05) is 53.7 Å². The Morgan fingerprint density at radius 3 is 1.73 bits per heavy atom. The molecule has 0 saturated carbocycles. The van der Waals surface area contributed by atoms with E-state index in [0.717, 1.165) is 5.56 Å². The van der Waals surface area contributed by atoms with Crippen molar-refractivity contribution >= 4 is 16.1 Å². The van der Waals surface area contributed by atoms with E-state index >= 15 is 0 Å². The van der Waals surface area contributed by atoms with E-state index in [1.54, 1.807) is 0 Å². The highest BCUT2D eigenvalue weighted by Gasteiger charge is 2.65. The van der Waals surface area contributed by atoms with Gasteiger partial charge in [-0.3, -0.25) is 4.55 Å². The molecule has 0 fully saturated rings. The molecule has 0 aliphatic rings. The van der Waals surface area contributed by atoms with E-state index in [9.17, 15) is 30.8 Å². The van der Waals surface area contributed by atoms with Gasteiger partial charge in [-0.05, 0) is 34.4 Å². The molecule has 0 aliphatic carbocycles. The number of carbonyl (C=O) groups is 1. The van der Waals surface area contributed by atoms with E-state index in [4.69, 9.17) is 9.29 Å². The fourth-order valence-electron chi connectivity index (χ4n) is 2.87. The number of rotatable bonds is 9. The molecular weight excluding hydrogens is 428 g/mol. The number of halogens is 4. The van der Waals surface area contributed by atoms with Crippen LogP contribution in [-0.4, -0.2) is 36.7 Å². The van der Waals surface area contributed by atoms with Gasteiger partial charge in [-0.2, -0.15) is 26.0 Å². The third kappa shape index (κ3) is 5.51. The highest BCUT2D eigenvalue weighted by atomic mass is 32.2. The number of esters is 1. The smallest absolute Gasteiger partial charge is 0.431 e. The molecule has 0 bridgehead atoms. The van der Waals surface area contributed by atoms with Crippen molar-refractivity contribution < 1.29 is 40.1 Å². The number of hydrogen-bond donors (Lipinski definition) is 1. The second-order valence-electron chi connectivity index (χ2n) is 8.12. The molecule has 1 aromatic carbocycles. The Morgan fingerprint density at radius 1 is 0.967 bits per heavy atom. The molecule has 1 aromatic rings. The Kier molecular flexibility index (Phi) is 8.10. The van der Waals surface area contributed by atoms with Crippen molar-refractivity contribution in [2.75, 3.05) is 6.61 Å². The van der Waals surface area contributed by atoms with Gasteiger partial charge in [0.1, 0.15) is 0 Å². The molecule has 0 atom stereocenters. The van der Waals surface area contributed by atoms with Crippen LogP contribution in [0.3, 0.4) is 0 Å². The topological polar surface area (TPSA) is 80.7 Å². The summed E-state index contributed by atoms with van der Waals surface area (Å²) in [5.74, 6) is -6.11. The summed E-state index contributed by atoms with van der Waals surface area (Å²) in [7, 11) is -6.34.